The van der Waals surface area contributed by atoms with Crippen LogP contribution in [0.3, 0.4) is 0 Å². The molecule has 0 amide bonds. The van der Waals surface area contributed by atoms with Gasteiger partial charge in [-0.15, -0.1) is 0 Å². The molecular formula is C26H45FO2. The molecule has 0 radical (unpaired) electrons. The molecule has 0 aromatic carbocycles. The number of esters is 1. The lowest BCUT2D eigenvalue weighted by atomic mass is 9.68. The first-order valence-electron chi connectivity index (χ1n) is 12.9. The Morgan fingerprint density at radius 2 is 1.41 bits per heavy atom. The minimum atomic E-state index is -0.955. The van der Waals surface area contributed by atoms with Crippen molar-refractivity contribution in [2.24, 2.45) is 29.6 Å². The maximum Gasteiger partial charge on any atom is 0.309 e. The Hall–Kier alpha value is -0.600. The van der Waals surface area contributed by atoms with Crippen molar-refractivity contribution in [3.63, 3.8) is 0 Å². The molecule has 3 unspecified atom stereocenters. The zero-order chi connectivity index (χ0) is 20.6. The van der Waals surface area contributed by atoms with Crippen molar-refractivity contribution in [1.82, 2.24) is 0 Å². The summed E-state index contributed by atoms with van der Waals surface area (Å²) in [5, 5.41) is 0. The summed E-state index contributed by atoms with van der Waals surface area (Å²) in [6, 6.07) is 0. The highest BCUT2D eigenvalue weighted by Crippen LogP contribution is 2.43. The summed E-state index contributed by atoms with van der Waals surface area (Å²) in [7, 11) is 0. The van der Waals surface area contributed by atoms with Crippen LogP contribution in [0.4, 0.5) is 4.39 Å². The highest BCUT2D eigenvalue weighted by Gasteiger charge is 2.37. The second-order valence-electron chi connectivity index (χ2n) is 10.5. The van der Waals surface area contributed by atoms with Gasteiger partial charge in [-0.1, -0.05) is 58.8 Å². The normalized spacial score (nSPS) is 38.5. The van der Waals surface area contributed by atoms with Crippen molar-refractivity contribution in [1.29, 1.82) is 0 Å². The largest absolute Gasteiger partial charge is 0.459 e. The molecule has 0 aromatic heterocycles. The Balaban J connectivity index is 1.36. The second-order valence-corrected chi connectivity index (χ2v) is 10.5. The summed E-state index contributed by atoms with van der Waals surface area (Å²) < 4.78 is 20.2. The maximum absolute atomic E-state index is 14.5. The molecule has 0 bridgehead atoms. The lowest BCUT2D eigenvalue weighted by Gasteiger charge is -2.38. The van der Waals surface area contributed by atoms with E-state index in [1.807, 2.05) is 0 Å². The van der Waals surface area contributed by atoms with Gasteiger partial charge in [-0.05, 0) is 81.5 Å². The molecule has 3 aliphatic carbocycles. The average Bonchev–Trinajstić information content (AvgIpc) is 2.75. The third-order valence-corrected chi connectivity index (χ3v) is 8.41. The van der Waals surface area contributed by atoms with E-state index in [9.17, 15) is 9.18 Å². The summed E-state index contributed by atoms with van der Waals surface area (Å²) in [5.74, 6) is 3.07. The van der Waals surface area contributed by atoms with Gasteiger partial charge < -0.3 is 4.74 Å². The van der Waals surface area contributed by atoms with Gasteiger partial charge in [-0.3, -0.25) is 4.79 Å². The van der Waals surface area contributed by atoms with Gasteiger partial charge in [0, 0.05) is 0 Å². The predicted molar refractivity (Wildman–Crippen MR) is 117 cm³/mol. The molecule has 29 heavy (non-hydrogen) atoms. The van der Waals surface area contributed by atoms with Crippen LogP contribution in [0.25, 0.3) is 0 Å². The van der Waals surface area contributed by atoms with E-state index in [1.165, 1.54) is 57.8 Å². The number of unbranched alkanes of at least 4 members (excludes halogenated alkanes) is 1. The van der Waals surface area contributed by atoms with Gasteiger partial charge in [0.25, 0.3) is 0 Å². The molecule has 3 rings (SSSR count). The van der Waals surface area contributed by atoms with Crippen LogP contribution in [-0.4, -0.2) is 18.2 Å². The topological polar surface area (TPSA) is 26.3 Å². The van der Waals surface area contributed by atoms with Gasteiger partial charge in [0.15, 0.2) is 0 Å². The van der Waals surface area contributed by atoms with E-state index in [-0.39, 0.29) is 11.9 Å². The van der Waals surface area contributed by atoms with E-state index in [0.717, 1.165) is 49.9 Å². The van der Waals surface area contributed by atoms with Crippen LogP contribution < -0.4 is 0 Å². The summed E-state index contributed by atoms with van der Waals surface area (Å²) >= 11 is 0. The van der Waals surface area contributed by atoms with Gasteiger partial charge in [-0.25, -0.2) is 4.39 Å². The number of hydrogen-bond acceptors (Lipinski definition) is 2. The average molecular weight is 409 g/mol. The number of ether oxygens (including phenoxy) is 1. The molecule has 3 atom stereocenters. The Bertz CT molecular complexity index is 477. The lowest BCUT2D eigenvalue weighted by molar-refractivity contribution is -0.162. The van der Waals surface area contributed by atoms with Crippen LogP contribution in [0.5, 0.6) is 0 Å². The molecule has 168 valence electrons. The van der Waals surface area contributed by atoms with Crippen LogP contribution >= 0.6 is 0 Å². The zero-order valence-electron chi connectivity index (χ0n) is 19.0. The number of hydrogen-bond donors (Lipinski definition) is 0. The Morgan fingerprint density at radius 3 is 2.00 bits per heavy atom. The van der Waals surface area contributed by atoms with Crippen LogP contribution in [0.1, 0.15) is 117 Å². The van der Waals surface area contributed by atoms with E-state index in [0.29, 0.717) is 18.8 Å². The molecule has 3 aliphatic rings. The summed E-state index contributed by atoms with van der Waals surface area (Å²) in [5.41, 5.74) is 0. The number of halogens is 1. The maximum atomic E-state index is 14.5. The molecule has 0 heterocycles. The summed E-state index contributed by atoms with van der Waals surface area (Å²) in [4.78, 5) is 12.7. The highest BCUT2D eigenvalue weighted by atomic mass is 19.1. The first-order chi connectivity index (χ1) is 14.1. The Labute approximate surface area is 178 Å². The van der Waals surface area contributed by atoms with Crippen LogP contribution in [0.15, 0.2) is 0 Å². The molecule has 3 fully saturated rings. The van der Waals surface area contributed by atoms with Gasteiger partial charge in [0.05, 0.1) is 5.92 Å². The van der Waals surface area contributed by atoms with Crippen molar-refractivity contribution >= 4 is 5.97 Å². The predicted octanol–water partition coefficient (Wildman–Crippen LogP) is 7.64. The van der Waals surface area contributed by atoms with Crippen LogP contribution in [0.2, 0.25) is 0 Å². The first kappa shape index (κ1) is 23.1. The van der Waals surface area contributed by atoms with Gasteiger partial charge in [0.1, 0.15) is 12.3 Å². The van der Waals surface area contributed by atoms with Gasteiger partial charge in [0.2, 0.25) is 0 Å². The third-order valence-electron chi connectivity index (χ3n) is 8.41. The van der Waals surface area contributed by atoms with Gasteiger partial charge >= 0.3 is 5.97 Å². The fourth-order valence-electron chi connectivity index (χ4n) is 6.48. The van der Waals surface area contributed by atoms with Crippen molar-refractivity contribution in [2.45, 2.75) is 129 Å². The Morgan fingerprint density at radius 1 is 0.793 bits per heavy atom. The minimum absolute atomic E-state index is 0.0210. The van der Waals surface area contributed by atoms with E-state index in [2.05, 4.69) is 13.8 Å². The van der Waals surface area contributed by atoms with Crippen molar-refractivity contribution < 1.29 is 13.9 Å². The quantitative estimate of drug-likeness (QED) is 0.386. The molecule has 3 heteroatoms. The van der Waals surface area contributed by atoms with Crippen LogP contribution in [0, 0.1) is 29.6 Å². The second kappa shape index (κ2) is 11.7. The highest BCUT2D eigenvalue weighted by molar-refractivity contribution is 5.72. The van der Waals surface area contributed by atoms with E-state index < -0.39 is 12.3 Å². The van der Waals surface area contributed by atoms with E-state index in [4.69, 9.17) is 4.74 Å². The standard InChI is InChI=1S/C26H45FO2/c1-3-5-7-19-8-11-21(12-9-19)22-13-15-23(16-14-22)26(28)29-25-17-10-20(6-4-2)18-24(25)27/h19-25H,3-18H2,1-2H3. The number of rotatable bonds is 8. The van der Waals surface area contributed by atoms with Crippen LogP contribution in [-0.2, 0) is 9.53 Å². The van der Waals surface area contributed by atoms with E-state index >= 15 is 0 Å². The zero-order valence-corrected chi connectivity index (χ0v) is 19.0. The smallest absolute Gasteiger partial charge is 0.309 e. The van der Waals surface area contributed by atoms with Crippen molar-refractivity contribution in [2.75, 3.05) is 0 Å². The molecule has 0 spiro atoms. The lowest BCUT2D eigenvalue weighted by Crippen LogP contribution is -2.37. The summed E-state index contributed by atoms with van der Waals surface area (Å²) in [6.45, 7) is 4.45. The number of carbonyl (C=O) groups excluding carboxylic acids is 1. The minimum Gasteiger partial charge on any atom is -0.459 e. The number of carbonyl (C=O) groups is 1. The third kappa shape index (κ3) is 6.69. The first-order valence-corrected chi connectivity index (χ1v) is 12.9. The Kier molecular flexibility index (Phi) is 9.31. The molecule has 2 nitrogen and oxygen atoms in total. The monoisotopic (exact) mass is 408 g/mol. The molecular weight excluding hydrogens is 363 g/mol. The van der Waals surface area contributed by atoms with E-state index in [1.54, 1.807) is 0 Å². The molecule has 0 aliphatic heterocycles. The molecule has 0 saturated heterocycles. The molecule has 0 aromatic rings. The summed E-state index contributed by atoms with van der Waals surface area (Å²) in [6.07, 6.45) is 17.2. The molecule has 3 saturated carbocycles. The fraction of sp³-hybridized carbons (Fsp3) is 0.962. The number of alkyl halides is 1. The van der Waals surface area contributed by atoms with Crippen molar-refractivity contribution in [3.8, 4) is 0 Å². The van der Waals surface area contributed by atoms with Crippen molar-refractivity contribution in [3.05, 3.63) is 0 Å². The molecule has 0 N–H and O–H groups in total. The SMILES string of the molecule is CCCCC1CCC(C2CCC(C(=O)OC3CCC(CCC)CC3F)CC2)CC1. The fourth-order valence-corrected chi connectivity index (χ4v) is 6.48. The van der Waals surface area contributed by atoms with Gasteiger partial charge in [-0.2, -0.15) is 0 Å².